The first-order valence-electron chi connectivity index (χ1n) is 9.58. The molecule has 0 amide bonds. The second kappa shape index (κ2) is 9.26. The summed E-state index contributed by atoms with van der Waals surface area (Å²) in [6, 6.07) is 20.6. The summed E-state index contributed by atoms with van der Waals surface area (Å²) in [5, 5.41) is 20.9. The summed E-state index contributed by atoms with van der Waals surface area (Å²) in [5.74, 6) is -1.34. The summed E-state index contributed by atoms with van der Waals surface area (Å²) in [6.45, 7) is 0.252. The van der Waals surface area contributed by atoms with E-state index >= 15 is 0 Å². The number of thiophene rings is 1. The Balaban J connectivity index is 1.66. The lowest BCUT2D eigenvalue weighted by Gasteiger charge is -2.13. The fourth-order valence-electron chi connectivity index (χ4n) is 3.28. The molecule has 0 fully saturated rings. The van der Waals surface area contributed by atoms with Crippen molar-refractivity contribution in [3.8, 4) is 27.3 Å². The zero-order valence-electron chi connectivity index (χ0n) is 16.6. The number of ether oxygens (including phenoxy) is 1. The summed E-state index contributed by atoms with van der Waals surface area (Å²) in [7, 11) is 0. The number of carboxylic acids is 2. The van der Waals surface area contributed by atoms with Crippen molar-refractivity contribution < 1.29 is 24.5 Å². The first-order chi connectivity index (χ1) is 15.4. The van der Waals surface area contributed by atoms with Gasteiger partial charge in [-0.05, 0) is 65.0 Å². The average Bonchev–Trinajstić information content (AvgIpc) is 3.28. The third kappa shape index (κ3) is 4.66. The topological polar surface area (TPSA) is 83.8 Å². The van der Waals surface area contributed by atoms with Crippen LogP contribution in [0.2, 0.25) is 5.02 Å². The van der Waals surface area contributed by atoms with Gasteiger partial charge in [0.05, 0.1) is 11.1 Å². The van der Waals surface area contributed by atoms with Gasteiger partial charge in [-0.3, -0.25) is 0 Å². The Kier molecular flexibility index (Phi) is 6.25. The van der Waals surface area contributed by atoms with E-state index in [1.165, 1.54) is 23.5 Å². The highest BCUT2D eigenvalue weighted by molar-refractivity contribution is 7.14. The van der Waals surface area contributed by atoms with Gasteiger partial charge in [0.15, 0.2) is 0 Å². The number of halogens is 1. The van der Waals surface area contributed by atoms with E-state index in [0.717, 1.165) is 27.1 Å². The molecule has 0 unspecified atom stereocenters. The minimum Gasteiger partial charge on any atom is -0.488 e. The fourth-order valence-corrected chi connectivity index (χ4v) is 4.36. The van der Waals surface area contributed by atoms with E-state index < -0.39 is 11.9 Å². The Morgan fingerprint density at radius 2 is 1.59 bits per heavy atom. The molecule has 1 heterocycles. The molecule has 0 radical (unpaired) electrons. The molecular formula is C25H17ClO5S. The minimum atomic E-state index is -0.981. The lowest BCUT2D eigenvalue weighted by atomic mass is 10.0. The Labute approximate surface area is 193 Å². The Morgan fingerprint density at radius 3 is 2.31 bits per heavy atom. The number of rotatable bonds is 7. The first kappa shape index (κ1) is 21.6. The maximum Gasteiger partial charge on any atom is 0.335 e. The van der Waals surface area contributed by atoms with Crippen LogP contribution in [-0.2, 0) is 6.61 Å². The van der Waals surface area contributed by atoms with Gasteiger partial charge in [-0.15, -0.1) is 11.3 Å². The summed E-state index contributed by atoms with van der Waals surface area (Å²) in [4.78, 5) is 23.3. The zero-order valence-corrected chi connectivity index (χ0v) is 18.2. The maximum absolute atomic E-state index is 11.4. The van der Waals surface area contributed by atoms with E-state index in [4.69, 9.17) is 21.4 Å². The third-order valence-electron chi connectivity index (χ3n) is 4.86. The summed E-state index contributed by atoms with van der Waals surface area (Å²) in [5.41, 5.74) is 3.73. The van der Waals surface area contributed by atoms with Crippen LogP contribution in [0.25, 0.3) is 21.6 Å². The van der Waals surface area contributed by atoms with Gasteiger partial charge in [0.25, 0.3) is 0 Å². The number of hydrogen-bond acceptors (Lipinski definition) is 4. The number of aromatic carboxylic acids is 2. The van der Waals surface area contributed by atoms with Crippen molar-refractivity contribution in [2.45, 2.75) is 6.61 Å². The SMILES string of the molecule is O=C(O)c1ccc(COc2ccc(Cl)cc2-c2ccsc2-c2cccc(C(=O)O)c2)cc1. The summed E-state index contributed by atoms with van der Waals surface area (Å²) >= 11 is 7.78. The number of carboxylic acid groups (broad SMARTS) is 2. The van der Waals surface area contributed by atoms with Gasteiger partial charge in [0.1, 0.15) is 12.4 Å². The highest BCUT2D eigenvalue weighted by atomic mass is 35.5. The van der Waals surface area contributed by atoms with E-state index in [-0.39, 0.29) is 17.7 Å². The Hall–Kier alpha value is -3.61. The van der Waals surface area contributed by atoms with Crippen LogP contribution >= 0.6 is 22.9 Å². The standard InChI is InChI=1S/C25H17ClO5S/c26-19-8-9-22(31-14-15-4-6-16(7-5-15)24(27)28)21(13-19)20-10-11-32-23(20)17-2-1-3-18(12-17)25(29)30/h1-13H,14H2,(H,27,28)(H,29,30). The third-order valence-corrected chi connectivity index (χ3v) is 6.06. The van der Waals surface area contributed by atoms with Gasteiger partial charge >= 0.3 is 11.9 Å². The molecule has 7 heteroatoms. The number of hydrogen-bond donors (Lipinski definition) is 2. The highest BCUT2D eigenvalue weighted by Crippen LogP contribution is 2.42. The Bertz CT molecular complexity index is 1290. The van der Waals surface area contributed by atoms with Gasteiger partial charge in [0.2, 0.25) is 0 Å². The molecule has 4 rings (SSSR count). The van der Waals surface area contributed by atoms with Crippen molar-refractivity contribution in [2.75, 3.05) is 0 Å². The molecule has 5 nitrogen and oxygen atoms in total. The second-order valence-electron chi connectivity index (χ2n) is 6.98. The predicted octanol–water partition coefficient (Wildman–Crippen LogP) is 6.71. The monoisotopic (exact) mass is 464 g/mol. The smallest absolute Gasteiger partial charge is 0.335 e. The van der Waals surface area contributed by atoms with Gasteiger partial charge < -0.3 is 14.9 Å². The van der Waals surface area contributed by atoms with Crippen molar-refractivity contribution >= 4 is 34.9 Å². The molecule has 0 spiro atoms. The number of benzene rings is 3. The van der Waals surface area contributed by atoms with Crippen LogP contribution < -0.4 is 4.74 Å². The maximum atomic E-state index is 11.4. The number of carbonyl (C=O) groups is 2. The molecule has 0 aliphatic heterocycles. The van der Waals surface area contributed by atoms with Gasteiger partial charge in [-0.2, -0.15) is 0 Å². The molecular weight excluding hydrogens is 448 g/mol. The quantitative estimate of drug-likeness (QED) is 0.317. The molecule has 4 aromatic rings. The van der Waals surface area contributed by atoms with E-state index in [2.05, 4.69) is 0 Å². The van der Waals surface area contributed by atoms with E-state index in [1.807, 2.05) is 23.6 Å². The average molecular weight is 465 g/mol. The van der Waals surface area contributed by atoms with Crippen molar-refractivity contribution in [1.29, 1.82) is 0 Å². The van der Waals surface area contributed by atoms with Crippen LogP contribution in [0.5, 0.6) is 5.75 Å². The van der Waals surface area contributed by atoms with Gasteiger partial charge in [0, 0.05) is 21.0 Å². The van der Waals surface area contributed by atoms with Gasteiger partial charge in [-0.1, -0.05) is 35.9 Å². The lowest BCUT2D eigenvalue weighted by Crippen LogP contribution is -2.00. The second-order valence-corrected chi connectivity index (χ2v) is 8.33. The molecule has 160 valence electrons. The largest absolute Gasteiger partial charge is 0.488 e. The molecule has 0 saturated carbocycles. The van der Waals surface area contributed by atoms with E-state index in [1.54, 1.807) is 42.5 Å². The van der Waals surface area contributed by atoms with Crippen LogP contribution in [0.15, 0.2) is 78.2 Å². The summed E-state index contributed by atoms with van der Waals surface area (Å²) < 4.78 is 6.06. The van der Waals surface area contributed by atoms with Crippen LogP contribution in [0, 0.1) is 0 Å². The molecule has 0 aliphatic carbocycles. The van der Waals surface area contributed by atoms with Gasteiger partial charge in [-0.25, -0.2) is 9.59 Å². The molecule has 0 saturated heterocycles. The molecule has 0 aliphatic rings. The van der Waals surface area contributed by atoms with Crippen LogP contribution in [0.3, 0.4) is 0 Å². The van der Waals surface area contributed by atoms with Crippen molar-refractivity contribution in [1.82, 2.24) is 0 Å². The predicted molar refractivity (Wildman–Crippen MR) is 125 cm³/mol. The molecule has 1 aromatic heterocycles. The van der Waals surface area contributed by atoms with Crippen LogP contribution in [-0.4, -0.2) is 22.2 Å². The first-order valence-corrected chi connectivity index (χ1v) is 10.8. The van der Waals surface area contributed by atoms with Crippen molar-refractivity contribution in [2.24, 2.45) is 0 Å². The molecule has 32 heavy (non-hydrogen) atoms. The summed E-state index contributed by atoms with van der Waals surface area (Å²) in [6.07, 6.45) is 0. The molecule has 0 atom stereocenters. The normalized spacial score (nSPS) is 10.7. The lowest BCUT2D eigenvalue weighted by molar-refractivity contribution is 0.0686. The fraction of sp³-hybridized carbons (Fsp3) is 0.0400. The van der Waals surface area contributed by atoms with Crippen LogP contribution in [0.1, 0.15) is 26.3 Å². The zero-order chi connectivity index (χ0) is 22.7. The van der Waals surface area contributed by atoms with Crippen molar-refractivity contribution in [3.05, 3.63) is 99.9 Å². The van der Waals surface area contributed by atoms with Crippen LogP contribution in [0.4, 0.5) is 0 Å². The van der Waals surface area contributed by atoms with E-state index in [0.29, 0.717) is 10.8 Å². The molecule has 3 aromatic carbocycles. The highest BCUT2D eigenvalue weighted by Gasteiger charge is 2.16. The molecule has 2 N–H and O–H groups in total. The Morgan fingerprint density at radius 1 is 0.844 bits per heavy atom. The molecule has 0 bridgehead atoms. The van der Waals surface area contributed by atoms with Crippen molar-refractivity contribution in [3.63, 3.8) is 0 Å². The minimum absolute atomic E-state index is 0.215. The van der Waals surface area contributed by atoms with E-state index in [9.17, 15) is 14.7 Å².